The van der Waals surface area contributed by atoms with Crippen molar-refractivity contribution in [1.29, 1.82) is 0 Å². The highest BCUT2D eigenvalue weighted by atomic mass is 16.2. The minimum absolute atomic E-state index is 0.116. The van der Waals surface area contributed by atoms with Crippen LogP contribution in [0.4, 0.5) is 5.69 Å². The smallest absolute Gasteiger partial charge is 0.246 e. The van der Waals surface area contributed by atoms with Crippen molar-refractivity contribution in [1.82, 2.24) is 5.32 Å². The Bertz CT molecular complexity index is 686. The average molecular weight is 292 g/mol. The summed E-state index contributed by atoms with van der Waals surface area (Å²) in [6, 6.07) is 15.1. The van der Waals surface area contributed by atoms with Gasteiger partial charge in [-0.05, 0) is 36.6 Å². The number of hydrogen-bond donors (Lipinski definition) is 2. The highest BCUT2D eigenvalue weighted by molar-refractivity contribution is 5.96. The molecule has 3 nitrogen and oxygen atoms in total. The van der Waals surface area contributed by atoms with Crippen LogP contribution in [-0.4, -0.2) is 12.5 Å². The zero-order chi connectivity index (χ0) is 15.9. The lowest BCUT2D eigenvalue weighted by Crippen LogP contribution is -2.33. The molecule has 0 bridgehead atoms. The van der Waals surface area contributed by atoms with Gasteiger partial charge in [-0.25, -0.2) is 0 Å². The molecule has 0 saturated heterocycles. The molecule has 0 spiro atoms. The fourth-order valence-electron chi connectivity index (χ4n) is 2.24. The van der Waals surface area contributed by atoms with Gasteiger partial charge in [0.1, 0.15) is 6.04 Å². The van der Waals surface area contributed by atoms with Gasteiger partial charge in [-0.3, -0.25) is 10.1 Å². The number of anilines is 1. The molecule has 0 aromatic heterocycles. The van der Waals surface area contributed by atoms with E-state index in [4.69, 9.17) is 6.42 Å². The Kier molecular flexibility index (Phi) is 5.35. The van der Waals surface area contributed by atoms with Crippen LogP contribution in [0.2, 0.25) is 0 Å². The van der Waals surface area contributed by atoms with E-state index in [2.05, 4.69) is 16.6 Å². The third-order valence-corrected chi connectivity index (χ3v) is 3.45. The summed E-state index contributed by atoms with van der Waals surface area (Å²) in [4.78, 5) is 12.6. The number of aryl methyl sites for hydroxylation is 2. The minimum Gasteiger partial charge on any atom is -0.324 e. The van der Waals surface area contributed by atoms with Gasteiger partial charge in [0.05, 0.1) is 6.54 Å². The van der Waals surface area contributed by atoms with Gasteiger partial charge in [-0.15, -0.1) is 6.42 Å². The van der Waals surface area contributed by atoms with Crippen molar-refractivity contribution in [3.63, 3.8) is 0 Å². The molecule has 3 heteroatoms. The molecule has 2 N–H and O–H groups in total. The van der Waals surface area contributed by atoms with E-state index in [1.807, 2.05) is 62.4 Å². The maximum atomic E-state index is 12.6. The fraction of sp³-hybridized carbons (Fsp3) is 0.211. The van der Waals surface area contributed by atoms with E-state index in [9.17, 15) is 4.79 Å². The SMILES string of the molecule is C#CCN[C@H](C(=O)Nc1cc(C)ccc1C)c1ccccc1. The highest BCUT2D eigenvalue weighted by Gasteiger charge is 2.20. The zero-order valence-electron chi connectivity index (χ0n) is 12.9. The van der Waals surface area contributed by atoms with Crippen LogP contribution >= 0.6 is 0 Å². The molecule has 0 aliphatic rings. The van der Waals surface area contributed by atoms with E-state index in [0.29, 0.717) is 6.54 Å². The fourth-order valence-corrected chi connectivity index (χ4v) is 2.24. The van der Waals surface area contributed by atoms with E-state index in [-0.39, 0.29) is 5.91 Å². The lowest BCUT2D eigenvalue weighted by atomic mass is 10.1. The maximum absolute atomic E-state index is 12.6. The first-order valence-corrected chi connectivity index (χ1v) is 7.21. The first-order chi connectivity index (χ1) is 10.6. The molecule has 0 saturated carbocycles. The number of terminal acetylenes is 1. The van der Waals surface area contributed by atoms with Gasteiger partial charge >= 0.3 is 0 Å². The second-order valence-corrected chi connectivity index (χ2v) is 5.24. The van der Waals surface area contributed by atoms with Gasteiger partial charge < -0.3 is 5.32 Å². The van der Waals surface area contributed by atoms with Gasteiger partial charge in [-0.1, -0.05) is 48.4 Å². The van der Waals surface area contributed by atoms with Gasteiger partial charge in [-0.2, -0.15) is 0 Å². The van der Waals surface area contributed by atoms with Crippen molar-refractivity contribution >= 4 is 11.6 Å². The molecule has 0 unspecified atom stereocenters. The van der Waals surface area contributed by atoms with Crippen molar-refractivity contribution in [3.8, 4) is 12.3 Å². The maximum Gasteiger partial charge on any atom is 0.246 e. The molecule has 2 aromatic rings. The number of carbonyl (C=O) groups excluding carboxylic acids is 1. The Morgan fingerprint density at radius 3 is 2.59 bits per heavy atom. The molecule has 2 rings (SSSR count). The lowest BCUT2D eigenvalue weighted by Gasteiger charge is -2.18. The number of rotatable bonds is 5. The molecule has 2 aromatic carbocycles. The average Bonchev–Trinajstić information content (AvgIpc) is 2.52. The van der Waals surface area contributed by atoms with Crippen molar-refractivity contribution < 1.29 is 4.79 Å². The van der Waals surface area contributed by atoms with Crippen LogP contribution in [0.1, 0.15) is 22.7 Å². The summed E-state index contributed by atoms with van der Waals surface area (Å²) in [7, 11) is 0. The third-order valence-electron chi connectivity index (χ3n) is 3.45. The summed E-state index contributed by atoms with van der Waals surface area (Å²) in [5, 5.41) is 6.08. The number of amides is 1. The molecule has 1 amide bonds. The van der Waals surface area contributed by atoms with Gasteiger partial charge in [0.2, 0.25) is 5.91 Å². The predicted molar refractivity (Wildman–Crippen MR) is 90.6 cm³/mol. The van der Waals surface area contributed by atoms with Crippen molar-refractivity contribution in [2.45, 2.75) is 19.9 Å². The zero-order valence-corrected chi connectivity index (χ0v) is 12.9. The molecule has 1 atom stereocenters. The number of benzene rings is 2. The first kappa shape index (κ1) is 15.8. The molecule has 0 fully saturated rings. The van der Waals surface area contributed by atoms with E-state index >= 15 is 0 Å². The molecule has 0 aliphatic carbocycles. The highest BCUT2D eigenvalue weighted by Crippen LogP contribution is 2.20. The van der Waals surface area contributed by atoms with Crippen LogP contribution in [0.3, 0.4) is 0 Å². The molecular weight excluding hydrogens is 272 g/mol. The number of hydrogen-bond acceptors (Lipinski definition) is 2. The number of nitrogens with one attached hydrogen (secondary N) is 2. The predicted octanol–water partition coefficient (Wildman–Crippen LogP) is 3.21. The van der Waals surface area contributed by atoms with Crippen LogP contribution in [0.15, 0.2) is 48.5 Å². The van der Waals surface area contributed by atoms with Crippen LogP contribution in [0.25, 0.3) is 0 Å². The standard InChI is InChI=1S/C19H20N2O/c1-4-12-20-18(16-8-6-5-7-9-16)19(22)21-17-13-14(2)10-11-15(17)3/h1,5-11,13,18,20H,12H2,2-3H3,(H,21,22)/t18-/m0/s1. The summed E-state index contributed by atoms with van der Waals surface area (Å²) in [5.41, 5.74) is 3.85. The molecule has 0 heterocycles. The summed E-state index contributed by atoms with van der Waals surface area (Å²) >= 11 is 0. The Morgan fingerprint density at radius 1 is 1.18 bits per heavy atom. The molecule has 22 heavy (non-hydrogen) atoms. The van der Waals surface area contributed by atoms with Gasteiger partial charge in [0, 0.05) is 5.69 Å². The molecular formula is C19H20N2O. The largest absolute Gasteiger partial charge is 0.324 e. The lowest BCUT2D eigenvalue weighted by molar-refractivity contribution is -0.118. The Labute approximate surface area is 131 Å². The van der Waals surface area contributed by atoms with Gasteiger partial charge in [0.25, 0.3) is 0 Å². The molecule has 112 valence electrons. The topological polar surface area (TPSA) is 41.1 Å². The van der Waals surface area contributed by atoms with Crippen LogP contribution in [0, 0.1) is 26.2 Å². The quantitative estimate of drug-likeness (QED) is 0.831. The second kappa shape index (κ2) is 7.44. The Morgan fingerprint density at radius 2 is 1.91 bits per heavy atom. The molecule has 0 aliphatic heterocycles. The normalized spacial score (nSPS) is 11.5. The van der Waals surface area contributed by atoms with Crippen LogP contribution in [-0.2, 0) is 4.79 Å². The van der Waals surface area contributed by atoms with Gasteiger partial charge in [0.15, 0.2) is 0 Å². The number of carbonyl (C=O) groups is 1. The van der Waals surface area contributed by atoms with Crippen molar-refractivity contribution in [2.75, 3.05) is 11.9 Å². The van der Waals surface area contributed by atoms with Crippen LogP contribution in [0.5, 0.6) is 0 Å². The van der Waals surface area contributed by atoms with Crippen LogP contribution < -0.4 is 10.6 Å². The summed E-state index contributed by atoms with van der Waals surface area (Å²) in [6.07, 6.45) is 5.31. The summed E-state index contributed by atoms with van der Waals surface area (Å²) in [6.45, 7) is 4.31. The van der Waals surface area contributed by atoms with E-state index in [1.54, 1.807) is 0 Å². The van der Waals surface area contributed by atoms with E-state index < -0.39 is 6.04 Å². The van der Waals surface area contributed by atoms with Crippen molar-refractivity contribution in [3.05, 3.63) is 65.2 Å². The van der Waals surface area contributed by atoms with E-state index in [0.717, 1.165) is 22.4 Å². The second-order valence-electron chi connectivity index (χ2n) is 5.24. The monoisotopic (exact) mass is 292 g/mol. The van der Waals surface area contributed by atoms with E-state index in [1.165, 1.54) is 0 Å². The summed E-state index contributed by atoms with van der Waals surface area (Å²) < 4.78 is 0. The summed E-state index contributed by atoms with van der Waals surface area (Å²) in [5.74, 6) is 2.40. The Hall–Kier alpha value is -2.57. The minimum atomic E-state index is -0.475. The third kappa shape index (κ3) is 3.97. The van der Waals surface area contributed by atoms with Crippen molar-refractivity contribution in [2.24, 2.45) is 0 Å². The first-order valence-electron chi connectivity index (χ1n) is 7.21. The molecule has 0 radical (unpaired) electrons. The Balaban J connectivity index is 2.22.